The second-order valence-corrected chi connectivity index (χ2v) is 5.02. The quantitative estimate of drug-likeness (QED) is 0.798. The molecule has 1 N–H and O–H groups in total. The minimum absolute atomic E-state index is 0.180. The fraction of sp³-hybridized carbons (Fsp3) is 0.125. The van der Waals surface area contributed by atoms with Gasteiger partial charge in [0.1, 0.15) is 11.5 Å². The van der Waals surface area contributed by atoms with Crippen molar-refractivity contribution < 1.29 is 13.6 Å². The van der Waals surface area contributed by atoms with Gasteiger partial charge < -0.3 is 5.32 Å². The van der Waals surface area contributed by atoms with E-state index in [1.807, 2.05) is 6.20 Å². The number of carbonyl (C=O) groups excluding carboxylic acids is 1. The maximum atomic E-state index is 12.9. The van der Waals surface area contributed by atoms with Gasteiger partial charge in [-0.05, 0) is 29.8 Å². The van der Waals surface area contributed by atoms with Crippen LogP contribution in [0.4, 0.5) is 14.6 Å². The van der Waals surface area contributed by atoms with E-state index < -0.39 is 18.0 Å². The molecule has 0 aliphatic carbocycles. The number of alkyl halides is 2. The molecule has 24 heavy (non-hydrogen) atoms. The van der Waals surface area contributed by atoms with Crippen LogP contribution in [-0.2, 0) is 7.05 Å². The Morgan fingerprint density at radius 3 is 2.75 bits per heavy atom. The highest BCUT2D eigenvalue weighted by atomic mass is 19.3. The standard InChI is InChI=1S/C16H13F2N5O/c1-23-9-11(8-21-23)10-4-6-19-13(7-10)22-16(24)12-3-2-5-20-14(12)15(17)18/h2-9,15H,1H3,(H,19,22,24). The third-order valence-corrected chi connectivity index (χ3v) is 3.33. The second kappa shape index (κ2) is 6.53. The Kier molecular flexibility index (Phi) is 4.28. The number of rotatable bonds is 4. The number of carbonyl (C=O) groups is 1. The summed E-state index contributed by atoms with van der Waals surface area (Å²) >= 11 is 0. The number of pyridine rings is 2. The Bertz CT molecular complexity index is 878. The molecule has 0 bridgehead atoms. The number of halogens is 2. The smallest absolute Gasteiger partial charge is 0.281 e. The number of aromatic nitrogens is 4. The van der Waals surface area contributed by atoms with Crippen molar-refractivity contribution in [2.75, 3.05) is 5.32 Å². The fourth-order valence-electron chi connectivity index (χ4n) is 2.22. The summed E-state index contributed by atoms with van der Waals surface area (Å²) < 4.78 is 27.5. The zero-order valence-electron chi connectivity index (χ0n) is 12.6. The highest BCUT2D eigenvalue weighted by molar-refractivity contribution is 6.04. The Morgan fingerprint density at radius 2 is 2.04 bits per heavy atom. The van der Waals surface area contributed by atoms with Gasteiger partial charge in [-0.2, -0.15) is 5.10 Å². The van der Waals surface area contributed by atoms with Crippen LogP contribution in [0.3, 0.4) is 0 Å². The van der Waals surface area contributed by atoms with Gasteiger partial charge in [-0.3, -0.25) is 14.5 Å². The van der Waals surface area contributed by atoms with Crippen LogP contribution in [0.1, 0.15) is 22.5 Å². The molecule has 3 heterocycles. The number of anilines is 1. The minimum Gasteiger partial charge on any atom is -0.306 e. The van der Waals surface area contributed by atoms with Crippen molar-refractivity contribution in [1.82, 2.24) is 19.7 Å². The van der Waals surface area contributed by atoms with E-state index in [0.29, 0.717) is 0 Å². The van der Waals surface area contributed by atoms with Crippen LogP contribution in [0.2, 0.25) is 0 Å². The van der Waals surface area contributed by atoms with Crippen molar-refractivity contribution in [3.63, 3.8) is 0 Å². The van der Waals surface area contributed by atoms with E-state index in [1.54, 1.807) is 30.1 Å². The van der Waals surface area contributed by atoms with Gasteiger partial charge in [-0.15, -0.1) is 0 Å². The molecule has 122 valence electrons. The molecule has 0 fully saturated rings. The molecule has 8 heteroatoms. The topological polar surface area (TPSA) is 72.7 Å². The zero-order valence-corrected chi connectivity index (χ0v) is 12.6. The predicted octanol–water partition coefficient (Wildman–Crippen LogP) is 3.07. The summed E-state index contributed by atoms with van der Waals surface area (Å²) in [6.07, 6.45) is 3.41. The Hall–Kier alpha value is -3.16. The highest BCUT2D eigenvalue weighted by Gasteiger charge is 2.19. The lowest BCUT2D eigenvalue weighted by molar-refractivity contribution is 0.100. The third kappa shape index (κ3) is 3.27. The molecule has 0 spiro atoms. The molecular weight excluding hydrogens is 316 g/mol. The fourth-order valence-corrected chi connectivity index (χ4v) is 2.22. The SMILES string of the molecule is Cn1cc(-c2ccnc(NC(=O)c3cccnc3C(F)F)c2)cn1. The molecule has 3 aromatic heterocycles. The summed E-state index contributed by atoms with van der Waals surface area (Å²) in [6.45, 7) is 0. The average molecular weight is 329 g/mol. The lowest BCUT2D eigenvalue weighted by Crippen LogP contribution is -2.16. The van der Waals surface area contributed by atoms with Crippen LogP contribution < -0.4 is 5.32 Å². The number of aryl methyl sites for hydroxylation is 1. The van der Waals surface area contributed by atoms with E-state index in [-0.39, 0.29) is 11.4 Å². The van der Waals surface area contributed by atoms with E-state index in [2.05, 4.69) is 20.4 Å². The van der Waals surface area contributed by atoms with E-state index in [0.717, 1.165) is 11.1 Å². The molecule has 0 atom stereocenters. The summed E-state index contributed by atoms with van der Waals surface area (Å²) in [5.74, 6) is -0.431. The predicted molar refractivity (Wildman–Crippen MR) is 83.6 cm³/mol. The number of amides is 1. The maximum Gasteiger partial charge on any atom is 0.281 e. The molecule has 3 aromatic rings. The van der Waals surface area contributed by atoms with Gasteiger partial charge in [-0.25, -0.2) is 13.8 Å². The average Bonchev–Trinajstić information content (AvgIpc) is 3.01. The van der Waals surface area contributed by atoms with Crippen molar-refractivity contribution in [1.29, 1.82) is 0 Å². The molecule has 0 aliphatic heterocycles. The summed E-state index contributed by atoms with van der Waals surface area (Å²) in [5.41, 5.74) is 0.915. The molecular formula is C16H13F2N5O. The van der Waals surface area contributed by atoms with Gasteiger partial charge >= 0.3 is 0 Å². The summed E-state index contributed by atoms with van der Waals surface area (Å²) in [5, 5.41) is 6.60. The van der Waals surface area contributed by atoms with E-state index in [4.69, 9.17) is 0 Å². The first kappa shape index (κ1) is 15.7. The lowest BCUT2D eigenvalue weighted by atomic mass is 10.1. The second-order valence-electron chi connectivity index (χ2n) is 5.02. The van der Waals surface area contributed by atoms with Crippen LogP contribution in [0, 0.1) is 0 Å². The van der Waals surface area contributed by atoms with Crippen LogP contribution in [-0.4, -0.2) is 25.7 Å². The summed E-state index contributed by atoms with van der Waals surface area (Å²) in [7, 11) is 1.79. The minimum atomic E-state index is -2.83. The third-order valence-electron chi connectivity index (χ3n) is 3.33. The van der Waals surface area contributed by atoms with Gasteiger partial charge in [0.25, 0.3) is 12.3 Å². The normalized spacial score (nSPS) is 10.8. The van der Waals surface area contributed by atoms with Crippen LogP contribution in [0.5, 0.6) is 0 Å². The van der Waals surface area contributed by atoms with Gasteiger partial charge in [-0.1, -0.05) is 0 Å². The number of hydrogen-bond acceptors (Lipinski definition) is 4. The van der Waals surface area contributed by atoms with Crippen molar-refractivity contribution in [2.24, 2.45) is 7.05 Å². The summed E-state index contributed by atoms with van der Waals surface area (Å²) in [6, 6.07) is 6.14. The van der Waals surface area contributed by atoms with Gasteiger partial charge in [0.15, 0.2) is 0 Å². The largest absolute Gasteiger partial charge is 0.306 e. The lowest BCUT2D eigenvalue weighted by Gasteiger charge is -2.09. The molecule has 3 rings (SSSR count). The monoisotopic (exact) mass is 329 g/mol. The Labute approximate surface area is 136 Å². The first-order chi connectivity index (χ1) is 11.5. The van der Waals surface area contributed by atoms with Crippen molar-refractivity contribution in [3.8, 4) is 11.1 Å². The molecule has 0 saturated carbocycles. The van der Waals surface area contributed by atoms with Crippen molar-refractivity contribution in [3.05, 3.63) is 60.3 Å². The highest BCUT2D eigenvalue weighted by Crippen LogP contribution is 2.23. The van der Waals surface area contributed by atoms with Gasteiger partial charge in [0.05, 0.1) is 11.8 Å². The Balaban J connectivity index is 1.85. The van der Waals surface area contributed by atoms with Gasteiger partial charge in [0, 0.05) is 31.2 Å². The first-order valence-electron chi connectivity index (χ1n) is 7.04. The van der Waals surface area contributed by atoms with Crippen LogP contribution in [0.25, 0.3) is 11.1 Å². The molecule has 6 nitrogen and oxygen atoms in total. The molecule has 0 radical (unpaired) electrons. The van der Waals surface area contributed by atoms with Crippen molar-refractivity contribution in [2.45, 2.75) is 6.43 Å². The van der Waals surface area contributed by atoms with E-state index in [9.17, 15) is 13.6 Å². The van der Waals surface area contributed by atoms with Crippen molar-refractivity contribution >= 4 is 11.7 Å². The van der Waals surface area contributed by atoms with Crippen LogP contribution in [0.15, 0.2) is 49.1 Å². The number of nitrogens with zero attached hydrogens (tertiary/aromatic N) is 4. The van der Waals surface area contributed by atoms with Crippen LogP contribution >= 0.6 is 0 Å². The maximum absolute atomic E-state index is 12.9. The zero-order chi connectivity index (χ0) is 17.1. The van der Waals surface area contributed by atoms with Gasteiger partial charge in [0.2, 0.25) is 0 Å². The molecule has 0 aliphatic rings. The molecule has 0 unspecified atom stereocenters. The number of nitrogens with one attached hydrogen (secondary N) is 1. The first-order valence-corrected chi connectivity index (χ1v) is 7.04. The summed E-state index contributed by atoms with van der Waals surface area (Å²) in [4.78, 5) is 19.9. The molecule has 0 saturated heterocycles. The Morgan fingerprint density at radius 1 is 1.21 bits per heavy atom. The molecule has 1 amide bonds. The molecule has 0 aromatic carbocycles. The number of hydrogen-bond donors (Lipinski definition) is 1. The van der Waals surface area contributed by atoms with E-state index in [1.165, 1.54) is 24.5 Å². The van der Waals surface area contributed by atoms with E-state index >= 15 is 0 Å².